The highest BCUT2D eigenvalue weighted by molar-refractivity contribution is 14.1. The van der Waals surface area contributed by atoms with Crippen LogP contribution in [0, 0.1) is 3.57 Å². The Morgan fingerprint density at radius 1 is 1.24 bits per heavy atom. The minimum Gasteiger partial charge on any atom is -0.350 e. The molecule has 0 fully saturated rings. The monoisotopic (exact) mass is 457 g/mol. The van der Waals surface area contributed by atoms with Gasteiger partial charge in [0.15, 0.2) is 0 Å². The van der Waals surface area contributed by atoms with Crippen LogP contribution in [0.15, 0.2) is 53.0 Å². The molecule has 2 aromatic rings. The van der Waals surface area contributed by atoms with Crippen LogP contribution in [0.2, 0.25) is 0 Å². The van der Waals surface area contributed by atoms with Crippen LogP contribution in [-0.4, -0.2) is 11.9 Å². The molecule has 0 heterocycles. The highest BCUT2D eigenvalue weighted by Crippen LogP contribution is 2.18. The topological polar surface area (TPSA) is 29.1 Å². The zero-order valence-electron chi connectivity index (χ0n) is 11.8. The fourth-order valence-corrected chi connectivity index (χ4v) is 3.01. The third-order valence-electron chi connectivity index (χ3n) is 3.26. The van der Waals surface area contributed by atoms with Crippen molar-refractivity contribution >= 4 is 44.4 Å². The van der Waals surface area contributed by atoms with Gasteiger partial charge in [0.1, 0.15) is 0 Å². The number of benzene rings is 2. The van der Waals surface area contributed by atoms with E-state index in [0.717, 1.165) is 26.4 Å². The lowest BCUT2D eigenvalue weighted by Gasteiger charge is -2.15. The van der Waals surface area contributed by atoms with Crippen molar-refractivity contribution in [3.8, 4) is 0 Å². The largest absolute Gasteiger partial charge is 0.350 e. The van der Waals surface area contributed by atoms with Gasteiger partial charge in [-0.05, 0) is 66.1 Å². The van der Waals surface area contributed by atoms with Crippen molar-refractivity contribution in [2.75, 3.05) is 0 Å². The first kappa shape index (κ1) is 16.5. The maximum Gasteiger partial charge on any atom is 0.252 e. The Morgan fingerprint density at radius 3 is 2.67 bits per heavy atom. The van der Waals surface area contributed by atoms with E-state index in [0.29, 0.717) is 0 Å². The smallest absolute Gasteiger partial charge is 0.252 e. The Morgan fingerprint density at radius 2 is 1.95 bits per heavy atom. The van der Waals surface area contributed by atoms with Crippen molar-refractivity contribution in [2.45, 2.75) is 25.8 Å². The summed E-state index contributed by atoms with van der Waals surface area (Å²) in [6.45, 7) is 2.05. The summed E-state index contributed by atoms with van der Waals surface area (Å²) in [6.07, 6.45) is 1.90. The van der Waals surface area contributed by atoms with E-state index in [2.05, 4.69) is 56.0 Å². The normalized spacial score (nSPS) is 12.0. The predicted octanol–water partition coefficient (Wildman–Crippen LogP) is 4.80. The fraction of sp³-hybridized carbons (Fsp3) is 0.235. The van der Waals surface area contributed by atoms with Crippen molar-refractivity contribution in [3.63, 3.8) is 0 Å². The second-order valence-corrected chi connectivity index (χ2v) is 7.10. The summed E-state index contributed by atoms with van der Waals surface area (Å²) in [5, 5.41) is 3.07. The van der Waals surface area contributed by atoms with Crippen LogP contribution in [0.3, 0.4) is 0 Å². The zero-order chi connectivity index (χ0) is 15.2. The summed E-state index contributed by atoms with van der Waals surface area (Å²) in [5.74, 6) is -0.0127. The molecule has 0 radical (unpaired) electrons. The Labute approximate surface area is 147 Å². The van der Waals surface area contributed by atoms with Crippen LogP contribution in [0.25, 0.3) is 0 Å². The lowest BCUT2D eigenvalue weighted by Crippen LogP contribution is -2.33. The van der Waals surface area contributed by atoms with Crippen molar-refractivity contribution in [1.29, 1.82) is 0 Å². The number of halogens is 2. The van der Waals surface area contributed by atoms with Gasteiger partial charge in [-0.1, -0.05) is 46.3 Å². The van der Waals surface area contributed by atoms with Gasteiger partial charge in [0.05, 0.1) is 5.56 Å². The molecule has 21 heavy (non-hydrogen) atoms. The molecule has 0 aliphatic rings. The Hall–Kier alpha value is -0.880. The zero-order valence-corrected chi connectivity index (χ0v) is 15.5. The van der Waals surface area contributed by atoms with Gasteiger partial charge >= 0.3 is 0 Å². The van der Waals surface area contributed by atoms with E-state index < -0.39 is 0 Å². The van der Waals surface area contributed by atoms with E-state index in [1.807, 2.05) is 43.3 Å². The standard InChI is InChI=1S/C17H17BrINO/c1-12(7-8-13-5-3-2-4-6-13)20-17(21)15-11-14(18)9-10-16(15)19/h2-6,9-12H,7-8H2,1H3,(H,20,21)/t12-/m0/s1. The molecule has 0 bridgehead atoms. The molecule has 1 amide bonds. The first-order valence-corrected chi connectivity index (χ1v) is 8.73. The number of rotatable bonds is 5. The Kier molecular flexibility index (Phi) is 6.23. The van der Waals surface area contributed by atoms with E-state index in [-0.39, 0.29) is 11.9 Å². The minimum absolute atomic E-state index is 0.0127. The molecule has 0 unspecified atom stereocenters. The minimum atomic E-state index is -0.0127. The number of hydrogen-bond acceptors (Lipinski definition) is 1. The van der Waals surface area contributed by atoms with Crippen LogP contribution in [0.1, 0.15) is 29.3 Å². The summed E-state index contributed by atoms with van der Waals surface area (Å²) in [6, 6.07) is 16.2. The molecule has 0 saturated heterocycles. The molecule has 1 N–H and O–H groups in total. The third-order valence-corrected chi connectivity index (χ3v) is 4.69. The molecule has 0 aromatic heterocycles. The number of nitrogens with one attached hydrogen (secondary N) is 1. The van der Waals surface area contributed by atoms with Crippen LogP contribution in [-0.2, 0) is 6.42 Å². The van der Waals surface area contributed by atoms with Gasteiger partial charge < -0.3 is 5.32 Å². The van der Waals surface area contributed by atoms with Gasteiger partial charge in [0.2, 0.25) is 0 Å². The number of amides is 1. The number of aryl methyl sites for hydroxylation is 1. The number of hydrogen-bond donors (Lipinski definition) is 1. The van der Waals surface area contributed by atoms with Crippen molar-refractivity contribution in [3.05, 3.63) is 67.7 Å². The average Bonchev–Trinajstić information content (AvgIpc) is 2.48. The molecule has 0 aliphatic heterocycles. The van der Waals surface area contributed by atoms with E-state index in [4.69, 9.17) is 0 Å². The van der Waals surface area contributed by atoms with E-state index in [1.54, 1.807) is 0 Å². The van der Waals surface area contributed by atoms with Crippen LogP contribution in [0.4, 0.5) is 0 Å². The molecule has 110 valence electrons. The molecule has 2 aromatic carbocycles. The van der Waals surface area contributed by atoms with E-state index >= 15 is 0 Å². The Bertz CT molecular complexity index is 615. The van der Waals surface area contributed by atoms with Crippen LogP contribution < -0.4 is 5.32 Å². The second kappa shape index (κ2) is 7.94. The molecule has 2 rings (SSSR count). The molecule has 1 atom stereocenters. The third kappa shape index (κ3) is 5.11. The summed E-state index contributed by atoms with van der Waals surface area (Å²) in [7, 11) is 0. The molecule has 0 saturated carbocycles. The maximum atomic E-state index is 12.3. The fourth-order valence-electron chi connectivity index (χ4n) is 2.07. The van der Waals surface area contributed by atoms with Crippen molar-refractivity contribution < 1.29 is 4.79 Å². The number of carbonyl (C=O) groups is 1. The van der Waals surface area contributed by atoms with Gasteiger partial charge in [0, 0.05) is 14.1 Å². The quantitative estimate of drug-likeness (QED) is 0.641. The first-order valence-electron chi connectivity index (χ1n) is 6.86. The number of carbonyl (C=O) groups excluding carboxylic acids is 1. The summed E-state index contributed by atoms with van der Waals surface area (Å²) < 4.78 is 1.88. The maximum absolute atomic E-state index is 12.3. The average molecular weight is 458 g/mol. The van der Waals surface area contributed by atoms with Gasteiger partial charge in [-0.3, -0.25) is 4.79 Å². The molecule has 0 spiro atoms. The predicted molar refractivity (Wildman–Crippen MR) is 98.6 cm³/mol. The van der Waals surface area contributed by atoms with Gasteiger partial charge in [-0.25, -0.2) is 0 Å². The highest BCUT2D eigenvalue weighted by atomic mass is 127. The summed E-state index contributed by atoms with van der Waals surface area (Å²) in [5.41, 5.74) is 2.02. The van der Waals surface area contributed by atoms with Crippen LogP contribution >= 0.6 is 38.5 Å². The van der Waals surface area contributed by atoms with Crippen molar-refractivity contribution in [2.24, 2.45) is 0 Å². The second-order valence-electron chi connectivity index (χ2n) is 5.02. The van der Waals surface area contributed by atoms with Gasteiger partial charge in [0.25, 0.3) is 5.91 Å². The van der Waals surface area contributed by atoms with Crippen molar-refractivity contribution in [1.82, 2.24) is 5.32 Å². The molecular weight excluding hydrogens is 441 g/mol. The van der Waals surface area contributed by atoms with Crippen LogP contribution in [0.5, 0.6) is 0 Å². The highest BCUT2D eigenvalue weighted by Gasteiger charge is 2.13. The Balaban J connectivity index is 1.91. The first-order chi connectivity index (χ1) is 10.1. The van der Waals surface area contributed by atoms with Gasteiger partial charge in [-0.2, -0.15) is 0 Å². The lowest BCUT2D eigenvalue weighted by atomic mass is 10.1. The molecule has 0 aliphatic carbocycles. The SMILES string of the molecule is C[C@@H](CCc1ccccc1)NC(=O)c1cc(Br)ccc1I. The molecular formula is C17H17BrINO. The van der Waals surface area contributed by atoms with Gasteiger partial charge in [-0.15, -0.1) is 0 Å². The van der Waals surface area contributed by atoms with E-state index in [9.17, 15) is 4.79 Å². The summed E-state index contributed by atoms with van der Waals surface area (Å²) in [4.78, 5) is 12.3. The molecule has 2 nitrogen and oxygen atoms in total. The lowest BCUT2D eigenvalue weighted by molar-refractivity contribution is 0.0937. The summed E-state index contributed by atoms with van der Waals surface area (Å²) >= 11 is 5.60. The van der Waals surface area contributed by atoms with E-state index in [1.165, 1.54) is 5.56 Å². The molecule has 4 heteroatoms.